The van der Waals surface area contributed by atoms with E-state index in [0.717, 1.165) is 13.0 Å². The molecule has 1 atom stereocenters. The second-order valence-electron chi connectivity index (χ2n) is 2.03. The maximum atomic E-state index is 8.78. The lowest BCUT2D eigenvalue weighted by molar-refractivity contribution is 0.301. The van der Waals surface area contributed by atoms with Crippen molar-refractivity contribution in [3.05, 3.63) is 0 Å². The largest absolute Gasteiger partial charge is 0.457 e. The van der Waals surface area contributed by atoms with Gasteiger partial charge in [-0.1, -0.05) is 6.92 Å². The topological polar surface area (TPSA) is 29.5 Å². The van der Waals surface area contributed by atoms with Crippen molar-refractivity contribution in [2.75, 3.05) is 6.61 Å². The molecular weight excluding hydrogens is 90.9 g/mol. The molecule has 0 saturated carbocycles. The van der Waals surface area contributed by atoms with Gasteiger partial charge >= 0.3 is 7.12 Å². The van der Waals surface area contributed by atoms with E-state index in [1.165, 1.54) is 0 Å². The molecule has 0 amide bonds. The Morgan fingerprint density at radius 3 is 2.71 bits per heavy atom. The first kappa shape index (κ1) is 5.13. The van der Waals surface area contributed by atoms with Crippen LogP contribution in [-0.2, 0) is 4.65 Å². The molecule has 1 saturated heterocycles. The number of hydrogen-bond donors (Lipinski definition) is 1. The molecule has 1 N–H and O–H groups in total. The van der Waals surface area contributed by atoms with Crippen molar-refractivity contribution in [2.24, 2.45) is 0 Å². The van der Waals surface area contributed by atoms with E-state index in [-0.39, 0.29) is 0 Å². The summed E-state index contributed by atoms with van der Waals surface area (Å²) in [6, 6.07) is 0. The highest BCUT2D eigenvalue weighted by atomic mass is 16.5. The summed E-state index contributed by atoms with van der Waals surface area (Å²) >= 11 is 0. The molecule has 1 aliphatic heterocycles. The van der Waals surface area contributed by atoms with Crippen molar-refractivity contribution in [2.45, 2.75) is 19.2 Å². The minimum atomic E-state index is -0.486. The predicted molar refractivity (Wildman–Crippen MR) is 28.0 cm³/mol. The Kier molecular flexibility index (Phi) is 1.35. The molecule has 1 heterocycles. The van der Waals surface area contributed by atoms with Gasteiger partial charge in [0.15, 0.2) is 0 Å². The summed E-state index contributed by atoms with van der Waals surface area (Å²) in [6.45, 7) is 2.71. The van der Waals surface area contributed by atoms with Gasteiger partial charge < -0.3 is 9.68 Å². The molecule has 1 fully saturated rings. The van der Waals surface area contributed by atoms with E-state index in [0.29, 0.717) is 5.82 Å². The highest BCUT2D eigenvalue weighted by molar-refractivity contribution is 6.45. The maximum absolute atomic E-state index is 8.78. The van der Waals surface area contributed by atoms with Gasteiger partial charge in [0.05, 0.1) is 0 Å². The van der Waals surface area contributed by atoms with E-state index < -0.39 is 7.12 Å². The van der Waals surface area contributed by atoms with Crippen LogP contribution in [0.1, 0.15) is 13.3 Å². The van der Waals surface area contributed by atoms with Crippen LogP contribution < -0.4 is 0 Å². The van der Waals surface area contributed by atoms with Gasteiger partial charge in [0.25, 0.3) is 0 Å². The van der Waals surface area contributed by atoms with Crippen molar-refractivity contribution in [1.29, 1.82) is 0 Å². The predicted octanol–water partition coefficient (Wildman–Crippen LogP) is 0.277. The fraction of sp³-hybridized carbons (Fsp3) is 1.00. The summed E-state index contributed by atoms with van der Waals surface area (Å²) in [6.07, 6.45) is 1.00. The zero-order chi connectivity index (χ0) is 5.28. The van der Waals surface area contributed by atoms with Crippen LogP contribution in [-0.4, -0.2) is 18.7 Å². The smallest absolute Gasteiger partial charge is 0.427 e. The van der Waals surface area contributed by atoms with Crippen molar-refractivity contribution < 1.29 is 9.68 Å². The molecule has 1 rings (SSSR count). The normalized spacial score (nSPS) is 31.7. The van der Waals surface area contributed by atoms with Crippen LogP contribution in [0, 0.1) is 0 Å². The zero-order valence-electron chi connectivity index (χ0n) is 4.42. The second kappa shape index (κ2) is 1.84. The first-order chi connectivity index (χ1) is 3.30. The zero-order valence-corrected chi connectivity index (χ0v) is 4.42. The van der Waals surface area contributed by atoms with Crippen LogP contribution >= 0.6 is 0 Å². The Morgan fingerprint density at radius 2 is 2.57 bits per heavy atom. The Balaban J connectivity index is 2.33. The van der Waals surface area contributed by atoms with Gasteiger partial charge in [0.2, 0.25) is 0 Å². The molecular formula is C4H9BO2. The van der Waals surface area contributed by atoms with Crippen LogP contribution in [0.2, 0.25) is 5.82 Å². The summed E-state index contributed by atoms with van der Waals surface area (Å²) < 4.78 is 4.82. The summed E-state index contributed by atoms with van der Waals surface area (Å²) in [5.41, 5.74) is 0. The summed E-state index contributed by atoms with van der Waals surface area (Å²) in [4.78, 5) is 0. The third-order valence-electron chi connectivity index (χ3n) is 1.35. The molecule has 0 aliphatic carbocycles. The van der Waals surface area contributed by atoms with Crippen molar-refractivity contribution in [3.8, 4) is 0 Å². The van der Waals surface area contributed by atoms with Crippen LogP contribution in [0.5, 0.6) is 0 Å². The van der Waals surface area contributed by atoms with Crippen molar-refractivity contribution >= 4 is 7.12 Å². The van der Waals surface area contributed by atoms with Crippen LogP contribution in [0.3, 0.4) is 0 Å². The lowest BCUT2D eigenvalue weighted by atomic mass is 9.75. The van der Waals surface area contributed by atoms with Gasteiger partial charge in [-0.15, -0.1) is 0 Å². The SMILES string of the molecule is CC1CCOB1O. The van der Waals surface area contributed by atoms with E-state index in [1.54, 1.807) is 0 Å². The van der Waals surface area contributed by atoms with Gasteiger partial charge in [-0.2, -0.15) is 0 Å². The Labute approximate surface area is 43.6 Å². The van der Waals surface area contributed by atoms with E-state index in [4.69, 9.17) is 9.68 Å². The van der Waals surface area contributed by atoms with Gasteiger partial charge in [0, 0.05) is 6.61 Å². The quantitative estimate of drug-likeness (QED) is 0.443. The van der Waals surface area contributed by atoms with Gasteiger partial charge in [-0.05, 0) is 12.2 Å². The third-order valence-corrected chi connectivity index (χ3v) is 1.35. The van der Waals surface area contributed by atoms with Gasteiger partial charge in [-0.3, -0.25) is 0 Å². The third kappa shape index (κ3) is 0.953. The molecule has 0 aromatic carbocycles. The van der Waals surface area contributed by atoms with E-state index in [9.17, 15) is 0 Å². The molecule has 1 unspecified atom stereocenters. The molecule has 7 heavy (non-hydrogen) atoms. The Morgan fingerprint density at radius 1 is 1.86 bits per heavy atom. The Hall–Kier alpha value is -0.0151. The lowest BCUT2D eigenvalue weighted by Gasteiger charge is -1.96. The van der Waals surface area contributed by atoms with E-state index in [1.807, 2.05) is 6.92 Å². The molecule has 0 radical (unpaired) electrons. The van der Waals surface area contributed by atoms with Crippen LogP contribution in [0.15, 0.2) is 0 Å². The minimum Gasteiger partial charge on any atom is -0.427 e. The Bertz CT molecular complexity index is 58.7. The van der Waals surface area contributed by atoms with E-state index in [2.05, 4.69) is 0 Å². The minimum absolute atomic E-state index is 0.347. The number of hydrogen-bond acceptors (Lipinski definition) is 2. The monoisotopic (exact) mass is 100 g/mol. The number of rotatable bonds is 0. The second-order valence-corrected chi connectivity index (χ2v) is 2.03. The van der Waals surface area contributed by atoms with Crippen molar-refractivity contribution in [3.63, 3.8) is 0 Å². The molecule has 0 bridgehead atoms. The first-order valence-corrected chi connectivity index (χ1v) is 2.60. The molecule has 1 aliphatic rings. The van der Waals surface area contributed by atoms with Crippen LogP contribution in [0.25, 0.3) is 0 Å². The molecule has 0 aromatic rings. The maximum Gasteiger partial charge on any atom is 0.457 e. The standard InChI is InChI=1S/C4H9BO2/c1-4-2-3-7-5(4)6/h4,6H,2-3H2,1H3. The highest BCUT2D eigenvalue weighted by Crippen LogP contribution is 2.19. The molecule has 40 valence electrons. The van der Waals surface area contributed by atoms with E-state index >= 15 is 0 Å². The molecule has 2 nitrogen and oxygen atoms in total. The van der Waals surface area contributed by atoms with Crippen molar-refractivity contribution in [1.82, 2.24) is 0 Å². The summed E-state index contributed by atoms with van der Waals surface area (Å²) in [5, 5.41) is 8.78. The summed E-state index contributed by atoms with van der Waals surface area (Å²) in [7, 11) is -0.486. The fourth-order valence-corrected chi connectivity index (χ4v) is 0.682. The fourth-order valence-electron chi connectivity index (χ4n) is 0.682. The molecule has 0 aromatic heterocycles. The van der Waals surface area contributed by atoms with Gasteiger partial charge in [0.1, 0.15) is 0 Å². The lowest BCUT2D eigenvalue weighted by Crippen LogP contribution is -2.13. The summed E-state index contributed by atoms with van der Waals surface area (Å²) in [5.74, 6) is 0.347. The average Bonchev–Trinajstić information content (AvgIpc) is 1.91. The highest BCUT2D eigenvalue weighted by Gasteiger charge is 2.27. The van der Waals surface area contributed by atoms with Gasteiger partial charge in [-0.25, -0.2) is 0 Å². The molecule has 0 spiro atoms. The first-order valence-electron chi connectivity index (χ1n) is 2.60. The van der Waals surface area contributed by atoms with Crippen LogP contribution in [0.4, 0.5) is 0 Å². The molecule has 3 heteroatoms. The average molecular weight is 99.9 g/mol.